The number of fused-ring (bicyclic) bond motifs is 1. The molecule has 4 aromatic carbocycles. The Kier molecular flexibility index (Phi) is 6.81. The van der Waals surface area contributed by atoms with E-state index in [0.29, 0.717) is 45.3 Å². The summed E-state index contributed by atoms with van der Waals surface area (Å²) in [6.45, 7) is 7.10. The van der Waals surface area contributed by atoms with Crippen molar-refractivity contribution in [2.75, 3.05) is 0 Å². The molecule has 7 nitrogen and oxygen atoms in total. The average molecular weight is 534 g/mol. The Morgan fingerprint density at radius 3 is 1.55 bits per heavy atom. The number of imide groups is 1. The summed E-state index contributed by atoms with van der Waals surface area (Å²) in [4.78, 5) is 47.5. The first-order chi connectivity index (χ1) is 19.0. The molecular weight excluding hydrogens is 506 g/mol. The summed E-state index contributed by atoms with van der Waals surface area (Å²) in [6.07, 6.45) is 0. The van der Waals surface area contributed by atoms with Crippen LogP contribution in [0.3, 0.4) is 0 Å². The number of ketones is 2. The van der Waals surface area contributed by atoms with E-state index < -0.39 is 11.8 Å². The van der Waals surface area contributed by atoms with Crippen molar-refractivity contribution < 1.29 is 28.7 Å². The van der Waals surface area contributed by atoms with Crippen LogP contribution in [0.2, 0.25) is 0 Å². The number of ether oxygens (including phenoxy) is 2. The number of amides is 2. The SMILES string of the molecule is CC(=O)c1ccc(Oc2ccc(C(C)(C)c3ccc(Oc4ccc5c(c4)C(=O)NC5=O)cc3)cc2)cc1C(C)=O. The van der Waals surface area contributed by atoms with Crippen molar-refractivity contribution in [3.05, 3.63) is 118 Å². The first-order valence-electron chi connectivity index (χ1n) is 12.8. The van der Waals surface area contributed by atoms with Crippen LogP contribution in [0, 0.1) is 0 Å². The number of Topliss-reactive ketones (excluding diaryl/α,β-unsaturated/α-hetero) is 2. The zero-order valence-electron chi connectivity index (χ0n) is 22.5. The van der Waals surface area contributed by atoms with E-state index in [4.69, 9.17) is 9.47 Å². The van der Waals surface area contributed by atoms with Crippen molar-refractivity contribution >= 4 is 23.4 Å². The van der Waals surface area contributed by atoms with Crippen LogP contribution in [-0.4, -0.2) is 23.4 Å². The standard InChI is InChI=1S/C33H27NO6/c1-19(35)27-15-13-25(17-29(27)20(2)36)39-23-9-5-21(6-10-23)33(3,4)22-7-11-24(12-8-22)40-26-14-16-28-30(18-26)32(38)34-31(28)37/h5-18H,1-4H3,(H,34,37,38). The van der Waals surface area contributed by atoms with Crippen molar-refractivity contribution in [3.63, 3.8) is 0 Å². The maximum atomic E-state index is 12.0. The van der Waals surface area contributed by atoms with Gasteiger partial charge < -0.3 is 9.47 Å². The largest absolute Gasteiger partial charge is 0.457 e. The quantitative estimate of drug-likeness (QED) is 0.196. The van der Waals surface area contributed by atoms with Crippen LogP contribution in [0.5, 0.6) is 23.0 Å². The predicted octanol–water partition coefficient (Wildman–Crippen LogP) is 6.89. The van der Waals surface area contributed by atoms with E-state index in [1.54, 1.807) is 36.4 Å². The smallest absolute Gasteiger partial charge is 0.259 e. The predicted molar refractivity (Wildman–Crippen MR) is 150 cm³/mol. The topological polar surface area (TPSA) is 98.8 Å². The Bertz CT molecular complexity index is 1670. The Labute approximate surface area is 231 Å². The summed E-state index contributed by atoms with van der Waals surface area (Å²) in [5.74, 6) is 0.977. The maximum Gasteiger partial charge on any atom is 0.259 e. The van der Waals surface area contributed by atoms with Crippen molar-refractivity contribution in [1.29, 1.82) is 0 Å². The van der Waals surface area contributed by atoms with Crippen molar-refractivity contribution in [3.8, 4) is 23.0 Å². The second-order valence-electron chi connectivity index (χ2n) is 10.2. The lowest BCUT2D eigenvalue weighted by Crippen LogP contribution is -2.19. The van der Waals surface area contributed by atoms with Gasteiger partial charge in [-0.2, -0.15) is 0 Å². The van der Waals surface area contributed by atoms with Gasteiger partial charge in [0.1, 0.15) is 23.0 Å². The van der Waals surface area contributed by atoms with Gasteiger partial charge in [-0.05, 0) is 85.6 Å². The van der Waals surface area contributed by atoms with E-state index in [1.165, 1.54) is 13.8 Å². The van der Waals surface area contributed by atoms with Gasteiger partial charge in [0.05, 0.1) is 11.1 Å². The summed E-state index contributed by atoms with van der Waals surface area (Å²) in [6, 6.07) is 25.1. The van der Waals surface area contributed by atoms with Gasteiger partial charge in [-0.1, -0.05) is 38.1 Å². The van der Waals surface area contributed by atoms with Crippen LogP contribution in [-0.2, 0) is 5.41 Å². The zero-order chi connectivity index (χ0) is 28.6. The number of nitrogens with one attached hydrogen (secondary N) is 1. The van der Waals surface area contributed by atoms with E-state index in [0.717, 1.165) is 11.1 Å². The molecule has 0 aliphatic carbocycles. The fourth-order valence-electron chi connectivity index (χ4n) is 4.71. The lowest BCUT2D eigenvalue weighted by atomic mass is 9.78. The van der Waals surface area contributed by atoms with Gasteiger partial charge in [-0.15, -0.1) is 0 Å². The normalized spacial score (nSPS) is 12.5. The monoisotopic (exact) mass is 533 g/mol. The molecule has 1 N–H and O–H groups in total. The Balaban J connectivity index is 1.29. The number of hydrogen-bond donors (Lipinski definition) is 1. The molecule has 0 bridgehead atoms. The molecule has 0 radical (unpaired) electrons. The van der Waals surface area contributed by atoms with Gasteiger partial charge in [-0.3, -0.25) is 24.5 Å². The lowest BCUT2D eigenvalue weighted by Gasteiger charge is -2.26. The summed E-state index contributed by atoms with van der Waals surface area (Å²) >= 11 is 0. The Morgan fingerprint density at radius 1 is 0.575 bits per heavy atom. The van der Waals surface area contributed by atoms with E-state index in [2.05, 4.69) is 19.2 Å². The molecule has 2 amide bonds. The maximum absolute atomic E-state index is 12.0. The van der Waals surface area contributed by atoms with Crippen LogP contribution in [0.1, 0.15) is 80.3 Å². The average Bonchev–Trinajstić information content (AvgIpc) is 3.21. The van der Waals surface area contributed by atoms with Crippen LogP contribution in [0.4, 0.5) is 0 Å². The van der Waals surface area contributed by atoms with Gasteiger partial charge in [0.2, 0.25) is 0 Å². The third-order valence-corrected chi connectivity index (χ3v) is 7.08. The van der Waals surface area contributed by atoms with E-state index >= 15 is 0 Å². The minimum Gasteiger partial charge on any atom is -0.457 e. The second-order valence-corrected chi connectivity index (χ2v) is 10.2. The fraction of sp³-hybridized carbons (Fsp3) is 0.152. The molecule has 1 heterocycles. The molecule has 4 aromatic rings. The molecule has 0 saturated carbocycles. The fourth-order valence-corrected chi connectivity index (χ4v) is 4.71. The molecule has 1 aliphatic heterocycles. The van der Waals surface area contributed by atoms with Gasteiger partial charge >= 0.3 is 0 Å². The number of rotatable bonds is 8. The van der Waals surface area contributed by atoms with Crippen molar-refractivity contribution in [1.82, 2.24) is 5.32 Å². The first kappa shape index (κ1) is 26.6. The highest BCUT2D eigenvalue weighted by molar-refractivity contribution is 6.21. The molecule has 0 fully saturated rings. The molecular formula is C33H27NO6. The highest BCUT2D eigenvalue weighted by Crippen LogP contribution is 2.35. The number of hydrogen-bond acceptors (Lipinski definition) is 6. The van der Waals surface area contributed by atoms with Crippen LogP contribution < -0.4 is 14.8 Å². The van der Waals surface area contributed by atoms with Gasteiger partial charge in [0.25, 0.3) is 11.8 Å². The summed E-state index contributed by atoms with van der Waals surface area (Å²) in [5.41, 5.74) is 3.18. The molecule has 0 unspecified atom stereocenters. The summed E-state index contributed by atoms with van der Waals surface area (Å²) in [7, 11) is 0. The molecule has 0 aromatic heterocycles. The van der Waals surface area contributed by atoms with E-state index in [1.807, 2.05) is 48.5 Å². The summed E-state index contributed by atoms with van der Waals surface area (Å²) < 4.78 is 11.9. The van der Waals surface area contributed by atoms with Crippen molar-refractivity contribution in [2.24, 2.45) is 0 Å². The molecule has 1 aliphatic rings. The van der Waals surface area contributed by atoms with E-state index in [9.17, 15) is 19.2 Å². The summed E-state index contributed by atoms with van der Waals surface area (Å²) in [5, 5.41) is 2.28. The van der Waals surface area contributed by atoms with Crippen molar-refractivity contribution in [2.45, 2.75) is 33.1 Å². The highest BCUT2D eigenvalue weighted by Gasteiger charge is 2.27. The minimum absolute atomic E-state index is 0.169. The number of benzene rings is 4. The highest BCUT2D eigenvalue weighted by atomic mass is 16.5. The molecule has 0 saturated heterocycles. The first-order valence-corrected chi connectivity index (χ1v) is 12.8. The molecule has 40 heavy (non-hydrogen) atoms. The molecule has 200 valence electrons. The molecule has 7 heteroatoms. The van der Waals surface area contributed by atoms with Gasteiger partial charge in [0, 0.05) is 16.5 Å². The Hall–Kier alpha value is -5.04. The second kappa shape index (κ2) is 10.3. The lowest BCUT2D eigenvalue weighted by molar-refractivity contribution is 0.0878. The third-order valence-electron chi connectivity index (χ3n) is 7.08. The Morgan fingerprint density at radius 2 is 1.02 bits per heavy atom. The minimum atomic E-state index is -0.425. The third kappa shape index (κ3) is 5.14. The number of carbonyl (C=O) groups excluding carboxylic acids is 4. The molecule has 0 spiro atoms. The van der Waals surface area contributed by atoms with Crippen LogP contribution >= 0.6 is 0 Å². The zero-order valence-corrected chi connectivity index (χ0v) is 22.5. The van der Waals surface area contributed by atoms with Crippen LogP contribution in [0.15, 0.2) is 84.9 Å². The van der Waals surface area contributed by atoms with E-state index in [-0.39, 0.29) is 17.0 Å². The van der Waals surface area contributed by atoms with Crippen LogP contribution in [0.25, 0.3) is 0 Å². The van der Waals surface area contributed by atoms with Gasteiger partial charge in [0.15, 0.2) is 11.6 Å². The molecule has 5 rings (SSSR count). The molecule has 0 atom stereocenters. The van der Waals surface area contributed by atoms with Gasteiger partial charge in [-0.25, -0.2) is 0 Å². The number of carbonyl (C=O) groups is 4.